The molecule has 1 atom stereocenters. The monoisotopic (exact) mass is 335 g/mol. The van der Waals surface area contributed by atoms with Gasteiger partial charge in [-0.3, -0.25) is 9.59 Å². The van der Waals surface area contributed by atoms with E-state index in [2.05, 4.69) is 5.32 Å². The second-order valence-corrected chi connectivity index (χ2v) is 6.10. The molecule has 0 radical (unpaired) electrons. The molecule has 2 rings (SSSR count). The number of benzene rings is 1. The number of hydrogen-bond acceptors (Lipinski definition) is 5. The third-order valence-electron chi connectivity index (χ3n) is 4.11. The van der Waals surface area contributed by atoms with Crippen LogP contribution < -0.4 is 5.32 Å². The van der Waals surface area contributed by atoms with E-state index in [0.717, 1.165) is 5.56 Å². The summed E-state index contributed by atoms with van der Waals surface area (Å²) in [5, 5.41) is 2.92. The molecule has 1 aliphatic heterocycles. The molecule has 1 fully saturated rings. The maximum absolute atomic E-state index is 12.6. The molecule has 6 heteroatoms. The maximum Gasteiger partial charge on any atom is 0.302 e. The Bertz CT molecular complexity index is 563. The molecule has 132 valence electrons. The molecule has 24 heavy (non-hydrogen) atoms. The Morgan fingerprint density at radius 1 is 1.25 bits per heavy atom. The predicted octanol–water partition coefficient (Wildman–Crippen LogP) is 1.94. The van der Waals surface area contributed by atoms with Crippen LogP contribution in [0.15, 0.2) is 24.3 Å². The zero-order valence-corrected chi connectivity index (χ0v) is 14.5. The lowest BCUT2D eigenvalue weighted by Gasteiger charge is -2.31. The molecular weight excluding hydrogens is 310 g/mol. The fourth-order valence-corrected chi connectivity index (χ4v) is 2.70. The third-order valence-corrected chi connectivity index (χ3v) is 4.11. The smallest absolute Gasteiger partial charge is 0.302 e. The van der Waals surface area contributed by atoms with E-state index in [9.17, 15) is 9.59 Å². The van der Waals surface area contributed by atoms with Crippen LogP contribution in [0.25, 0.3) is 0 Å². The molecule has 1 aliphatic rings. The Hall–Kier alpha value is -1.92. The number of amides is 1. The van der Waals surface area contributed by atoms with Gasteiger partial charge < -0.3 is 19.5 Å². The van der Waals surface area contributed by atoms with Gasteiger partial charge in [0.15, 0.2) is 5.79 Å². The van der Waals surface area contributed by atoms with Gasteiger partial charge in [0.2, 0.25) is 5.91 Å². The molecule has 0 aromatic heterocycles. The Morgan fingerprint density at radius 3 is 2.46 bits per heavy atom. The molecular formula is C18H25NO5. The maximum atomic E-state index is 12.6. The molecule has 1 N–H and O–H groups in total. The molecule has 1 heterocycles. The van der Waals surface area contributed by atoms with Crippen LogP contribution in [0.5, 0.6) is 0 Å². The number of hydrogen-bond donors (Lipinski definition) is 1. The van der Waals surface area contributed by atoms with E-state index >= 15 is 0 Å². The van der Waals surface area contributed by atoms with Gasteiger partial charge >= 0.3 is 5.97 Å². The summed E-state index contributed by atoms with van der Waals surface area (Å²) >= 11 is 0. The quantitative estimate of drug-likeness (QED) is 0.771. The molecule has 6 nitrogen and oxygen atoms in total. The first-order chi connectivity index (χ1) is 11.4. The second kappa shape index (κ2) is 8.26. The lowest BCUT2D eigenvalue weighted by molar-refractivity contribution is -0.191. The number of esters is 1. The predicted molar refractivity (Wildman–Crippen MR) is 88.1 cm³/mol. The standard InChI is InChI=1S/C18H25NO5/c1-13-4-6-15(7-5-13)12-19-17(21)16(8-9-22-14(2)20)18(3)23-10-11-24-18/h4-7,16H,8-12H2,1-3H3,(H,19,21). The summed E-state index contributed by atoms with van der Waals surface area (Å²) in [7, 11) is 0. The van der Waals surface area contributed by atoms with Gasteiger partial charge in [-0.15, -0.1) is 0 Å². The normalized spacial score (nSPS) is 17.3. The van der Waals surface area contributed by atoms with Crippen LogP contribution >= 0.6 is 0 Å². The highest BCUT2D eigenvalue weighted by Crippen LogP contribution is 2.30. The van der Waals surface area contributed by atoms with E-state index < -0.39 is 11.7 Å². The van der Waals surface area contributed by atoms with Crippen molar-refractivity contribution in [1.82, 2.24) is 5.32 Å². The number of nitrogens with one attached hydrogen (secondary N) is 1. The van der Waals surface area contributed by atoms with E-state index in [1.165, 1.54) is 12.5 Å². The molecule has 0 aliphatic carbocycles. The van der Waals surface area contributed by atoms with Gasteiger partial charge in [-0.25, -0.2) is 0 Å². The highest BCUT2D eigenvalue weighted by molar-refractivity contribution is 5.79. The lowest BCUT2D eigenvalue weighted by atomic mass is 9.95. The van der Waals surface area contributed by atoms with Gasteiger partial charge in [0.05, 0.1) is 25.7 Å². The molecule has 0 spiro atoms. The fraction of sp³-hybridized carbons (Fsp3) is 0.556. The summed E-state index contributed by atoms with van der Waals surface area (Å²) in [6, 6.07) is 7.97. The Balaban J connectivity index is 1.97. The summed E-state index contributed by atoms with van der Waals surface area (Å²) in [6.45, 7) is 6.60. The summed E-state index contributed by atoms with van der Waals surface area (Å²) in [5.74, 6) is -2.08. The topological polar surface area (TPSA) is 73.9 Å². The van der Waals surface area contributed by atoms with Gasteiger partial charge in [-0.05, 0) is 25.8 Å². The number of aryl methyl sites for hydroxylation is 1. The van der Waals surface area contributed by atoms with Crippen molar-refractivity contribution < 1.29 is 23.8 Å². The SMILES string of the molecule is CC(=O)OCCC(C(=O)NCc1ccc(C)cc1)C1(C)OCCO1. The van der Waals surface area contributed by atoms with Crippen molar-refractivity contribution in [1.29, 1.82) is 0 Å². The van der Waals surface area contributed by atoms with Crippen molar-refractivity contribution in [3.05, 3.63) is 35.4 Å². The van der Waals surface area contributed by atoms with Crippen LogP contribution in [0.2, 0.25) is 0 Å². The summed E-state index contributed by atoms with van der Waals surface area (Å²) in [6.07, 6.45) is 0.343. The number of rotatable bonds is 7. The second-order valence-electron chi connectivity index (χ2n) is 6.10. The van der Waals surface area contributed by atoms with Crippen molar-refractivity contribution in [2.24, 2.45) is 5.92 Å². The Kier molecular flexibility index (Phi) is 6.34. The van der Waals surface area contributed by atoms with Crippen LogP contribution in [-0.2, 0) is 30.3 Å². The molecule has 0 bridgehead atoms. The highest BCUT2D eigenvalue weighted by atomic mass is 16.7. The Morgan fingerprint density at radius 2 is 1.88 bits per heavy atom. The van der Waals surface area contributed by atoms with E-state index in [4.69, 9.17) is 14.2 Å². The van der Waals surface area contributed by atoms with E-state index in [-0.39, 0.29) is 18.5 Å². The van der Waals surface area contributed by atoms with Crippen molar-refractivity contribution in [2.75, 3.05) is 19.8 Å². The lowest BCUT2D eigenvalue weighted by Crippen LogP contribution is -2.46. The van der Waals surface area contributed by atoms with E-state index in [1.807, 2.05) is 31.2 Å². The first-order valence-corrected chi connectivity index (χ1v) is 8.15. The average Bonchev–Trinajstić information content (AvgIpc) is 2.98. The number of ether oxygens (including phenoxy) is 3. The summed E-state index contributed by atoms with van der Waals surface area (Å²) in [5.41, 5.74) is 2.19. The number of carbonyl (C=O) groups is 2. The van der Waals surface area contributed by atoms with Crippen molar-refractivity contribution in [3.8, 4) is 0 Å². The van der Waals surface area contributed by atoms with Crippen LogP contribution in [0.4, 0.5) is 0 Å². The van der Waals surface area contributed by atoms with Crippen LogP contribution in [0.1, 0.15) is 31.4 Å². The molecule has 1 amide bonds. The zero-order valence-electron chi connectivity index (χ0n) is 14.5. The Labute approximate surface area is 142 Å². The van der Waals surface area contributed by atoms with Gasteiger partial charge in [0.1, 0.15) is 0 Å². The fourth-order valence-electron chi connectivity index (χ4n) is 2.70. The van der Waals surface area contributed by atoms with Gasteiger partial charge in [-0.2, -0.15) is 0 Å². The molecule has 1 saturated heterocycles. The first-order valence-electron chi connectivity index (χ1n) is 8.15. The van der Waals surface area contributed by atoms with Gasteiger partial charge in [0.25, 0.3) is 0 Å². The summed E-state index contributed by atoms with van der Waals surface area (Å²) < 4.78 is 16.2. The number of carbonyl (C=O) groups excluding carboxylic acids is 2. The van der Waals surface area contributed by atoms with Crippen molar-refractivity contribution >= 4 is 11.9 Å². The largest absolute Gasteiger partial charge is 0.466 e. The molecule has 1 aromatic rings. The third kappa shape index (κ3) is 5.04. The molecule has 1 aromatic carbocycles. The van der Waals surface area contributed by atoms with Gasteiger partial charge in [-0.1, -0.05) is 29.8 Å². The first kappa shape index (κ1) is 18.4. The van der Waals surface area contributed by atoms with Crippen molar-refractivity contribution in [3.63, 3.8) is 0 Å². The minimum Gasteiger partial charge on any atom is -0.466 e. The highest BCUT2D eigenvalue weighted by Gasteiger charge is 2.44. The summed E-state index contributed by atoms with van der Waals surface area (Å²) in [4.78, 5) is 23.6. The van der Waals surface area contributed by atoms with Crippen LogP contribution in [0, 0.1) is 12.8 Å². The minimum absolute atomic E-state index is 0.153. The average molecular weight is 335 g/mol. The minimum atomic E-state index is -0.989. The van der Waals surface area contributed by atoms with E-state index in [1.54, 1.807) is 6.92 Å². The molecule has 1 unspecified atom stereocenters. The zero-order chi connectivity index (χ0) is 17.6. The van der Waals surface area contributed by atoms with Gasteiger partial charge in [0, 0.05) is 13.5 Å². The van der Waals surface area contributed by atoms with Crippen LogP contribution in [-0.4, -0.2) is 37.5 Å². The van der Waals surface area contributed by atoms with Crippen molar-refractivity contribution in [2.45, 2.75) is 39.5 Å². The van der Waals surface area contributed by atoms with Crippen LogP contribution in [0.3, 0.4) is 0 Å². The molecule has 0 saturated carbocycles. The van der Waals surface area contributed by atoms with E-state index in [0.29, 0.717) is 26.2 Å².